The molecule has 2 rings (SSSR count). The van der Waals surface area contributed by atoms with E-state index in [4.69, 9.17) is 5.73 Å². The molecular weight excluding hydrogens is 234 g/mol. The Kier molecular flexibility index (Phi) is 3.86. The predicted octanol–water partition coefficient (Wildman–Crippen LogP) is 2.90. The summed E-state index contributed by atoms with van der Waals surface area (Å²) in [5, 5.41) is 3.38. The van der Waals surface area contributed by atoms with Gasteiger partial charge in [-0.05, 0) is 18.7 Å². The van der Waals surface area contributed by atoms with Crippen LogP contribution in [0.25, 0.3) is 0 Å². The highest BCUT2D eigenvalue weighted by Crippen LogP contribution is 2.38. The highest BCUT2D eigenvalue weighted by molar-refractivity contribution is 5.48. The molecule has 0 radical (unpaired) electrons. The van der Waals surface area contributed by atoms with Crippen molar-refractivity contribution in [3.8, 4) is 0 Å². The summed E-state index contributed by atoms with van der Waals surface area (Å²) < 4.78 is 0. The molecule has 100 valence electrons. The molecule has 3 N–H and O–H groups in total. The zero-order valence-corrected chi connectivity index (χ0v) is 11.7. The van der Waals surface area contributed by atoms with Gasteiger partial charge in [0, 0.05) is 35.1 Å². The van der Waals surface area contributed by atoms with E-state index < -0.39 is 0 Å². The van der Waals surface area contributed by atoms with Gasteiger partial charge in [-0.3, -0.25) is 4.98 Å². The maximum Gasteiger partial charge on any atom is 0.0446 e. The maximum absolute atomic E-state index is 6.09. The van der Waals surface area contributed by atoms with Crippen LogP contribution in [0.5, 0.6) is 0 Å². The third kappa shape index (κ3) is 2.61. The van der Waals surface area contributed by atoms with Crippen LogP contribution in [0.2, 0.25) is 0 Å². The van der Waals surface area contributed by atoms with Gasteiger partial charge in [-0.1, -0.05) is 44.2 Å². The van der Waals surface area contributed by atoms with E-state index in [1.807, 2.05) is 25.4 Å². The molecule has 3 nitrogen and oxygen atoms in total. The van der Waals surface area contributed by atoms with Crippen molar-refractivity contribution in [3.05, 3.63) is 59.9 Å². The minimum Gasteiger partial charge on any atom is -0.398 e. The monoisotopic (exact) mass is 255 g/mol. The van der Waals surface area contributed by atoms with Crippen molar-refractivity contribution in [3.63, 3.8) is 0 Å². The van der Waals surface area contributed by atoms with Gasteiger partial charge in [0.2, 0.25) is 0 Å². The minimum absolute atomic E-state index is 0.0762. The molecule has 1 unspecified atom stereocenters. The van der Waals surface area contributed by atoms with E-state index >= 15 is 0 Å². The van der Waals surface area contributed by atoms with Crippen molar-refractivity contribution in [2.45, 2.75) is 25.3 Å². The lowest BCUT2D eigenvalue weighted by Gasteiger charge is -2.35. The number of hydrogen-bond acceptors (Lipinski definition) is 3. The summed E-state index contributed by atoms with van der Waals surface area (Å²) in [6.45, 7) is 4.44. The van der Waals surface area contributed by atoms with Gasteiger partial charge < -0.3 is 11.1 Å². The van der Waals surface area contributed by atoms with Crippen LogP contribution < -0.4 is 11.1 Å². The lowest BCUT2D eigenvalue weighted by molar-refractivity contribution is 0.369. The van der Waals surface area contributed by atoms with Crippen molar-refractivity contribution in [2.75, 3.05) is 12.8 Å². The molecule has 0 fully saturated rings. The van der Waals surface area contributed by atoms with Crippen LogP contribution in [0.3, 0.4) is 0 Å². The van der Waals surface area contributed by atoms with Crippen LogP contribution in [0, 0.1) is 0 Å². The summed E-state index contributed by atoms with van der Waals surface area (Å²) in [5.74, 6) is 0. The number of nitrogens with one attached hydrogen (secondary N) is 1. The van der Waals surface area contributed by atoms with Crippen LogP contribution >= 0.6 is 0 Å². The van der Waals surface area contributed by atoms with Gasteiger partial charge in [-0.15, -0.1) is 0 Å². The van der Waals surface area contributed by atoms with E-state index in [2.05, 4.69) is 48.4 Å². The Balaban J connectivity index is 2.45. The van der Waals surface area contributed by atoms with Gasteiger partial charge in [0.15, 0.2) is 0 Å². The van der Waals surface area contributed by atoms with Gasteiger partial charge in [0.05, 0.1) is 0 Å². The van der Waals surface area contributed by atoms with Gasteiger partial charge >= 0.3 is 0 Å². The Morgan fingerprint density at radius 2 is 1.84 bits per heavy atom. The lowest BCUT2D eigenvalue weighted by Crippen LogP contribution is -2.36. The second kappa shape index (κ2) is 5.41. The molecule has 3 heteroatoms. The van der Waals surface area contributed by atoms with Crippen molar-refractivity contribution in [2.24, 2.45) is 0 Å². The molecule has 0 amide bonds. The topological polar surface area (TPSA) is 50.9 Å². The fraction of sp³-hybridized carbons (Fsp3) is 0.312. The fourth-order valence-electron chi connectivity index (χ4n) is 2.60. The second-order valence-corrected chi connectivity index (χ2v) is 5.31. The SMILES string of the molecule is CNC(c1cnccc1N)C(C)(C)c1ccccc1. The zero-order chi connectivity index (χ0) is 13.9. The third-order valence-corrected chi connectivity index (χ3v) is 3.73. The fourth-order valence-corrected chi connectivity index (χ4v) is 2.60. The smallest absolute Gasteiger partial charge is 0.0446 e. The maximum atomic E-state index is 6.09. The predicted molar refractivity (Wildman–Crippen MR) is 79.9 cm³/mol. The zero-order valence-electron chi connectivity index (χ0n) is 11.7. The normalized spacial score (nSPS) is 13.2. The molecule has 0 bridgehead atoms. The van der Waals surface area contributed by atoms with E-state index in [1.54, 1.807) is 6.20 Å². The van der Waals surface area contributed by atoms with Crippen molar-refractivity contribution in [1.29, 1.82) is 0 Å². The van der Waals surface area contributed by atoms with Crippen molar-refractivity contribution >= 4 is 5.69 Å². The second-order valence-electron chi connectivity index (χ2n) is 5.31. The first-order chi connectivity index (χ1) is 9.07. The van der Waals surface area contributed by atoms with Crippen LogP contribution in [0.4, 0.5) is 5.69 Å². The van der Waals surface area contributed by atoms with Gasteiger partial charge in [0.25, 0.3) is 0 Å². The molecule has 1 aromatic carbocycles. The molecule has 19 heavy (non-hydrogen) atoms. The molecule has 0 aliphatic rings. The van der Waals surface area contributed by atoms with E-state index in [0.717, 1.165) is 11.3 Å². The molecule has 0 saturated heterocycles. The molecule has 1 atom stereocenters. The number of pyridine rings is 1. The Morgan fingerprint density at radius 3 is 2.42 bits per heavy atom. The number of nitrogens with two attached hydrogens (primary N) is 1. The highest BCUT2D eigenvalue weighted by Gasteiger charge is 2.32. The first-order valence-corrected chi connectivity index (χ1v) is 6.49. The standard InChI is InChI=1S/C16H21N3/c1-16(2,12-7-5-4-6-8-12)15(18-3)13-11-19-10-9-14(13)17/h4-11,15,18H,1-3H3,(H2,17,19). The quantitative estimate of drug-likeness (QED) is 0.883. The van der Waals surface area contributed by atoms with Crippen LogP contribution in [-0.4, -0.2) is 12.0 Å². The summed E-state index contributed by atoms with van der Waals surface area (Å²) >= 11 is 0. The molecule has 0 aliphatic carbocycles. The van der Waals surface area contributed by atoms with E-state index in [-0.39, 0.29) is 11.5 Å². The number of likely N-dealkylation sites (N-methyl/N-ethyl adjacent to an activating group) is 1. The Bertz CT molecular complexity index is 535. The Labute approximate surface area is 114 Å². The summed E-state index contributed by atoms with van der Waals surface area (Å²) in [4.78, 5) is 4.20. The van der Waals surface area contributed by atoms with Gasteiger partial charge in [0.1, 0.15) is 0 Å². The largest absolute Gasteiger partial charge is 0.398 e. The lowest BCUT2D eigenvalue weighted by atomic mass is 9.75. The number of nitrogen functional groups attached to an aromatic ring is 1. The number of aromatic nitrogens is 1. The molecule has 1 heterocycles. The number of benzene rings is 1. The van der Waals surface area contributed by atoms with E-state index in [0.29, 0.717) is 0 Å². The summed E-state index contributed by atoms with van der Waals surface area (Å²) in [5.41, 5.74) is 9.11. The summed E-state index contributed by atoms with van der Waals surface area (Å²) in [6, 6.07) is 12.4. The van der Waals surface area contributed by atoms with Gasteiger partial charge in [-0.25, -0.2) is 0 Å². The Hall–Kier alpha value is -1.87. The number of nitrogens with zero attached hydrogens (tertiary/aromatic N) is 1. The highest BCUT2D eigenvalue weighted by atomic mass is 14.9. The average Bonchev–Trinajstić information content (AvgIpc) is 2.42. The number of anilines is 1. The van der Waals surface area contributed by atoms with E-state index in [1.165, 1.54) is 5.56 Å². The summed E-state index contributed by atoms with van der Waals surface area (Å²) in [7, 11) is 1.96. The third-order valence-electron chi connectivity index (χ3n) is 3.73. The molecule has 2 aromatic rings. The molecule has 0 spiro atoms. The van der Waals surface area contributed by atoms with Crippen LogP contribution in [0.15, 0.2) is 48.8 Å². The number of rotatable bonds is 4. The summed E-state index contributed by atoms with van der Waals surface area (Å²) in [6.07, 6.45) is 3.57. The molecular formula is C16H21N3. The average molecular weight is 255 g/mol. The van der Waals surface area contributed by atoms with Crippen molar-refractivity contribution in [1.82, 2.24) is 10.3 Å². The van der Waals surface area contributed by atoms with Crippen LogP contribution in [-0.2, 0) is 5.41 Å². The van der Waals surface area contributed by atoms with Gasteiger partial charge in [-0.2, -0.15) is 0 Å². The van der Waals surface area contributed by atoms with Crippen LogP contribution in [0.1, 0.15) is 31.0 Å². The molecule has 0 saturated carbocycles. The number of hydrogen-bond donors (Lipinski definition) is 2. The first kappa shape index (κ1) is 13.6. The van der Waals surface area contributed by atoms with E-state index in [9.17, 15) is 0 Å². The van der Waals surface area contributed by atoms with Crippen molar-refractivity contribution < 1.29 is 0 Å². The molecule has 1 aromatic heterocycles. The Morgan fingerprint density at radius 1 is 1.16 bits per heavy atom. The molecule has 0 aliphatic heterocycles. The minimum atomic E-state index is -0.0762. The first-order valence-electron chi connectivity index (χ1n) is 6.49.